The lowest BCUT2D eigenvalue weighted by molar-refractivity contribution is -0.385. The van der Waals surface area contributed by atoms with E-state index in [9.17, 15) is 15.2 Å². The SMILES string of the molecule is N#CCC1(O)CN(c2ccc([N+](=O)[O-])cn2)C1. The number of hydrogen-bond acceptors (Lipinski definition) is 6. The molecule has 1 N–H and O–H groups in total. The third-order valence-corrected chi connectivity index (χ3v) is 2.65. The molecule has 0 bridgehead atoms. The summed E-state index contributed by atoms with van der Waals surface area (Å²) in [6.45, 7) is 0.650. The molecule has 0 spiro atoms. The van der Waals surface area contributed by atoms with Crippen LogP contribution in [0.3, 0.4) is 0 Å². The van der Waals surface area contributed by atoms with Crippen molar-refractivity contribution >= 4 is 11.5 Å². The maximum absolute atomic E-state index is 10.4. The summed E-state index contributed by atoms with van der Waals surface area (Å²) in [5.41, 5.74) is -1.04. The molecule has 88 valence electrons. The number of nitriles is 1. The summed E-state index contributed by atoms with van der Waals surface area (Å²) in [5, 5.41) is 28.7. The molecule has 0 aromatic carbocycles. The van der Waals surface area contributed by atoms with Crippen molar-refractivity contribution in [1.29, 1.82) is 5.26 Å². The van der Waals surface area contributed by atoms with Gasteiger partial charge in [0.15, 0.2) is 0 Å². The van der Waals surface area contributed by atoms with Crippen LogP contribution >= 0.6 is 0 Å². The smallest absolute Gasteiger partial charge is 0.287 e. The molecule has 7 heteroatoms. The van der Waals surface area contributed by atoms with Crippen molar-refractivity contribution < 1.29 is 10.0 Å². The minimum Gasteiger partial charge on any atom is -0.385 e. The Morgan fingerprint density at radius 3 is 2.82 bits per heavy atom. The number of pyridine rings is 1. The Morgan fingerprint density at radius 1 is 1.65 bits per heavy atom. The van der Waals surface area contributed by atoms with Gasteiger partial charge in [0.2, 0.25) is 0 Å². The molecule has 17 heavy (non-hydrogen) atoms. The number of β-amino-alcohol motifs (C(OH)–C–C–N with tert-alkyl or cyclic N) is 1. The highest BCUT2D eigenvalue weighted by molar-refractivity contribution is 5.47. The van der Waals surface area contributed by atoms with Crippen LogP contribution in [0.2, 0.25) is 0 Å². The van der Waals surface area contributed by atoms with Crippen LogP contribution in [-0.4, -0.2) is 33.7 Å². The van der Waals surface area contributed by atoms with Crippen molar-refractivity contribution in [1.82, 2.24) is 4.98 Å². The summed E-state index contributed by atoms with van der Waals surface area (Å²) in [6, 6.07) is 4.82. The number of hydrogen-bond donors (Lipinski definition) is 1. The largest absolute Gasteiger partial charge is 0.385 e. The minimum atomic E-state index is -0.974. The van der Waals surface area contributed by atoms with E-state index in [0.29, 0.717) is 18.9 Å². The Labute approximate surface area is 97.1 Å². The van der Waals surface area contributed by atoms with E-state index in [-0.39, 0.29) is 12.1 Å². The fraction of sp³-hybridized carbons (Fsp3) is 0.400. The van der Waals surface area contributed by atoms with Crippen LogP contribution in [0.15, 0.2) is 18.3 Å². The van der Waals surface area contributed by atoms with Gasteiger partial charge in [-0.3, -0.25) is 10.1 Å². The molecule has 2 rings (SSSR count). The molecule has 0 atom stereocenters. The molecule has 0 unspecified atom stereocenters. The van der Waals surface area contributed by atoms with Crippen molar-refractivity contribution in [2.45, 2.75) is 12.0 Å². The molecular weight excluding hydrogens is 224 g/mol. The van der Waals surface area contributed by atoms with Gasteiger partial charge in [-0.2, -0.15) is 5.26 Å². The van der Waals surface area contributed by atoms with Crippen molar-refractivity contribution in [3.63, 3.8) is 0 Å². The van der Waals surface area contributed by atoms with Crippen LogP contribution in [-0.2, 0) is 0 Å². The predicted octanol–water partition coefficient (Wildman–Crippen LogP) is 0.455. The number of anilines is 1. The van der Waals surface area contributed by atoms with Crippen LogP contribution in [0, 0.1) is 21.4 Å². The Bertz CT molecular complexity index is 473. The number of rotatable bonds is 3. The number of aromatic nitrogens is 1. The normalized spacial score (nSPS) is 17.1. The van der Waals surface area contributed by atoms with Gasteiger partial charge in [0, 0.05) is 6.07 Å². The molecule has 7 nitrogen and oxygen atoms in total. The molecule has 1 aromatic rings. The molecule has 0 aliphatic carbocycles. The molecule has 1 aliphatic rings. The first-order valence-electron chi connectivity index (χ1n) is 4.99. The Hall–Kier alpha value is -2.20. The first kappa shape index (κ1) is 11.3. The summed E-state index contributed by atoms with van der Waals surface area (Å²) >= 11 is 0. The Morgan fingerprint density at radius 2 is 2.35 bits per heavy atom. The maximum Gasteiger partial charge on any atom is 0.287 e. The van der Waals surface area contributed by atoms with Crippen molar-refractivity contribution in [3.05, 3.63) is 28.4 Å². The quantitative estimate of drug-likeness (QED) is 0.601. The van der Waals surface area contributed by atoms with E-state index in [0.717, 1.165) is 0 Å². The van der Waals surface area contributed by atoms with E-state index in [1.165, 1.54) is 18.3 Å². The van der Waals surface area contributed by atoms with E-state index < -0.39 is 10.5 Å². The van der Waals surface area contributed by atoms with Crippen molar-refractivity contribution in [3.8, 4) is 6.07 Å². The lowest BCUT2D eigenvalue weighted by atomic mass is 9.91. The zero-order chi connectivity index (χ0) is 12.5. The molecule has 1 saturated heterocycles. The zero-order valence-corrected chi connectivity index (χ0v) is 8.91. The second kappa shape index (κ2) is 3.99. The lowest BCUT2D eigenvalue weighted by Crippen LogP contribution is -2.62. The third kappa shape index (κ3) is 2.16. The summed E-state index contributed by atoms with van der Waals surface area (Å²) in [5.74, 6) is 0.568. The van der Waals surface area contributed by atoms with E-state index in [1.807, 2.05) is 6.07 Å². The summed E-state index contributed by atoms with van der Waals surface area (Å²) in [7, 11) is 0. The van der Waals surface area contributed by atoms with Gasteiger partial charge in [0.1, 0.15) is 17.6 Å². The van der Waals surface area contributed by atoms with Gasteiger partial charge in [-0.15, -0.1) is 0 Å². The summed E-state index contributed by atoms with van der Waals surface area (Å²) < 4.78 is 0. The Kier molecular flexibility index (Phi) is 2.65. The van der Waals surface area contributed by atoms with Crippen molar-refractivity contribution in [2.75, 3.05) is 18.0 Å². The molecule has 1 aliphatic heterocycles. The fourth-order valence-corrected chi connectivity index (χ4v) is 1.76. The van der Waals surface area contributed by atoms with Crippen LogP contribution < -0.4 is 4.90 Å². The maximum atomic E-state index is 10.4. The topological polar surface area (TPSA) is 103 Å². The number of nitro groups is 1. The predicted molar refractivity (Wildman–Crippen MR) is 58.3 cm³/mol. The lowest BCUT2D eigenvalue weighted by Gasteiger charge is -2.45. The van der Waals surface area contributed by atoms with Crippen LogP contribution in [0.25, 0.3) is 0 Å². The molecule has 2 heterocycles. The molecule has 0 saturated carbocycles. The van der Waals surface area contributed by atoms with E-state index in [4.69, 9.17) is 5.26 Å². The van der Waals surface area contributed by atoms with E-state index in [1.54, 1.807) is 4.90 Å². The second-order valence-electron chi connectivity index (χ2n) is 4.05. The molecule has 1 fully saturated rings. The molecule has 0 amide bonds. The van der Waals surface area contributed by atoms with E-state index in [2.05, 4.69) is 4.98 Å². The van der Waals surface area contributed by atoms with Gasteiger partial charge in [0.05, 0.1) is 30.5 Å². The number of aliphatic hydroxyl groups is 1. The zero-order valence-electron chi connectivity index (χ0n) is 8.91. The van der Waals surface area contributed by atoms with Gasteiger partial charge < -0.3 is 10.0 Å². The standard InChI is InChI=1S/C10H10N4O3/c11-4-3-10(15)6-13(7-10)9-2-1-8(5-12-9)14(16)17/h1-2,5,15H,3,6-7H2. The first-order valence-corrected chi connectivity index (χ1v) is 4.99. The molecule has 0 radical (unpaired) electrons. The van der Waals surface area contributed by atoms with Gasteiger partial charge in [-0.05, 0) is 6.07 Å². The van der Waals surface area contributed by atoms with Gasteiger partial charge in [0.25, 0.3) is 5.69 Å². The monoisotopic (exact) mass is 234 g/mol. The highest BCUT2D eigenvalue weighted by Gasteiger charge is 2.41. The summed E-state index contributed by atoms with van der Waals surface area (Å²) in [4.78, 5) is 15.6. The first-order chi connectivity index (χ1) is 8.04. The van der Waals surface area contributed by atoms with E-state index >= 15 is 0 Å². The highest BCUT2D eigenvalue weighted by Crippen LogP contribution is 2.28. The molecular formula is C10H10N4O3. The minimum absolute atomic E-state index is 0.0680. The second-order valence-corrected chi connectivity index (χ2v) is 4.05. The van der Waals surface area contributed by atoms with Gasteiger partial charge in [-0.1, -0.05) is 0 Å². The Balaban J connectivity index is 2.02. The third-order valence-electron chi connectivity index (χ3n) is 2.65. The highest BCUT2D eigenvalue weighted by atomic mass is 16.6. The fourth-order valence-electron chi connectivity index (χ4n) is 1.76. The van der Waals surface area contributed by atoms with Gasteiger partial charge >= 0.3 is 0 Å². The summed E-state index contributed by atoms with van der Waals surface area (Å²) in [6.07, 6.45) is 1.26. The van der Waals surface area contributed by atoms with Crippen molar-refractivity contribution in [2.24, 2.45) is 0 Å². The van der Waals surface area contributed by atoms with Gasteiger partial charge in [-0.25, -0.2) is 4.98 Å². The number of nitrogens with zero attached hydrogens (tertiary/aromatic N) is 4. The average molecular weight is 234 g/mol. The molecule has 1 aromatic heterocycles. The average Bonchev–Trinajstić information content (AvgIpc) is 2.26. The van der Waals surface area contributed by atoms with Crippen LogP contribution in [0.1, 0.15) is 6.42 Å². The van der Waals surface area contributed by atoms with Crippen LogP contribution in [0.4, 0.5) is 11.5 Å². The van der Waals surface area contributed by atoms with Crippen LogP contribution in [0.5, 0.6) is 0 Å².